The van der Waals surface area contributed by atoms with Crippen LogP contribution in [-0.2, 0) is 9.16 Å². The molecule has 1 aliphatic rings. The first kappa shape index (κ1) is 23.5. The van der Waals surface area contributed by atoms with Gasteiger partial charge in [0.25, 0.3) is 0 Å². The number of halogens is 1. The third kappa shape index (κ3) is 4.52. The minimum absolute atomic E-state index is 0.205. The monoisotopic (exact) mass is 449 g/mol. The van der Waals surface area contributed by atoms with Crippen molar-refractivity contribution in [3.05, 3.63) is 29.2 Å². The Balaban J connectivity index is 1.77. The first-order valence-corrected chi connectivity index (χ1v) is 14.1. The Morgan fingerprint density at radius 2 is 1.87 bits per heavy atom. The number of fused-ring (bicyclic) bond motifs is 1. The highest BCUT2D eigenvalue weighted by Gasteiger charge is 2.44. The van der Waals surface area contributed by atoms with Crippen LogP contribution in [0.1, 0.15) is 59.4 Å². The largest absolute Gasteiger partial charge is 0.414 e. The summed E-state index contributed by atoms with van der Waals surface area (Å²) in [5, 5.41) is 2.84. The first-order valence-electron chi connectivity index (χ1n) is 10.9. The van der Waals surface area contributed by atoms with Gasteiger partial charge in [0.2, 0.25) is 0 Å². The van der Waals surface area contributed by atoms with Gasteiger partial charge in [0, 0.05) is 36.3 Å². The van der Waals surface area contributed by atoms with Crippen LogP contribution >= 0.6 is 11.6 Å². The molecule has 0 aliphatic carbocycles. The fourth-order valence-electron chi connectivity index (χ4n) is 3.67. The van der Waals surface area contributed by atoms with Crippen molar-refractivity contribution in [1.29, 1.82) is 0 Å². The summed E-state index contributed by atoms with van der Waals surface area (Å²) >= 11 is 6.20. The Hall–Kier alpha value is -1.21. The minimum atomic E-state index is -1.76. The van der Waals surface area contributed by atoms with Crippen LogP contribution in [0.5, 0.6) is 0 Å². The van der Waals surface area contributed by atoms with E-state index in [1.807, 2.05) is 12.3 Å². The molecule has 30 heavy (non-hydrogen) atoms. The van der Waals surface area contributed by atoms with Crippen LogP contribution in [0.3, 0.4) is 0 Å². The molecule has 0 amide bonds. The summed E-state index contributed by atoms with van der Waals surface area (Å²) in [5.41, 5.74) is 0.835. The van der Waals surface area contributed by atoms with E-state index in [2.05, 4.69) is 64.5 Å². The van der Waals surface area contributed by atoms with Gasteiger partial charge in [-0.3, -0.25) is 0 Å². The molecule has 7 heteroatoms. The molecule has 0 aromatic carbocycles. The summed E-state index contributed by atoms with van der Waals surface area (Å²) in [6, 6.07) is 1.95. The highest BCUT2D eigenvalue weighted by molar-refractivity contribution is 6.74. The molecule has 3 heterocycles. The van der Waals surface area contributed by atoms with Crippen LogP contribution in [0.2, 0.25) is 23.3 Å². The van der Waals surface area contributed by atoms with Gasteiger partial charge < -0.3 is 14.1 Å². The average molecular weight is 450 g/mol. The van der Waals surface area contributed by atoms with Crippen molar-refractivity contribution in [2.75, 3.05) is 24.7 Å². The lowest BCUT2D eigenvalue weighted by atomic mass is 9.93. The van der Waals surface area contributed by atoms with Gasteiger partial charge in [-0.1, -0.05) is 46.2 Å². The van der Waals surface area contributed by atoms with Crippen molar-refractivity contribution in [2.45, 2.75) is 77.7 Å². The molecule has 0 N–H and O–H groups in total. The van der Waals surface area contributed by atoms with Crippen LogP contribution in [0, 0.1) is 0 Å². The molecule has 2 aromatic rings. The number of aromatic nitrogens is 2. The highest BCUT2D eigenvalue weighted by Crippen LogP contribution is 2.42. The summed E-state index contributed by atoms with van der Waals surface area (Å²) in [7, 11) is -1.76. The smallest absolute Gasteiger partial charge is 0.192 e. The van der Waals surface area contributed by atoms with Crippen molar-refractivity contribution >= 4 is 36.5 Å². The Bertz CT molecular complexity index is 913. The molecule has 3 rings (SSSR count). The summed E-state index contributed by atoms with van der Waals surface area (Å²) in [6.07, 6.45) is 4.66. The predicted octanol–water partition coefficient (Wildman–Crippen LogP) is 6.37. The number of hydrogen-bond donors (Lipinski definition) is 0. The maximum Gasteiger partial charge on any atom is 0.192 e. The first-order chi connectivity index (χ1) is 13.9. The second-order valence-corrected chi connectivity index (χ2v) is 15.5. The zero-order valence-corrected chi connectivity index (χ0v) is 21.4. The lowest BCUT2D eigenvalue weighted by Gasteiger charge is -2.51. The molecular weight excluding hydrogens is 414 g/mol. The highest BCUT2D eigenvalue weighted by atomic mass is 35.5. The molecule has 0 saturated carbocycles. The zero-order valence-electron chi connectivity index (χ0n) is 19.7. The Kier molecular flexibility index (Phi) is 6.55. The van der Waals surface area contributed by atoms with Gasteiger partial charge in [-0.05, 0) is 42.4 Å². The van der Waals surface area contributed by atoms with E-state index in [0.717, 1.165) is 29.6 Å². The SMILES string of the molecule is CC(C)c1c(N2CC[C@]2(C)OCCO[Si](C)(C)C(C)(C)C)ncc2cnc(Cl)cc12. The maximum absolute atomic E-state index is 6.36. The molecule has 0 unspecified atom stereocenters. The average Bonchev–Trinajstić information content (AvgIpc) is 2.62. The van der Waals surface area contributed by atoms with Gasteiger partial charge in [-0.2, -0.15) is 0 Å². The van der Waals surface area contributed by atoms with Gasteiger partial charge in [-0.25, -0.2) is 9.97 Å². The molecular formula is C23H36ClN3O2Si. The third-order valence-electron chi connectivity index (χ3n) is 6.73. The molecule has 0 radical (unpaired) electrons. The van der Waals surface area contributed by atoms with Crippen molar-refractivity contribution in [3.63, 3.8) is 0 Å². The second-order valence-electron chi connectivity index (χ2n) is 10.3. The molecule has 166 valence electrons. The molecule has 0 bridgehead atoms. The summed E-state index contributed by atoms with van der Waals surface area (Å²) in [4.78, 5) is 11.3. The minimum Gasteiger partial charge on any atom is -0.414 e. The van der Waals surface area contributed by atoms with E-state index >= 15 is 0 Å². The molecule has 1 saturated heterocycles. The summed E-state index contributed by atoms with van der Waals surface area (Å²) in [6.45, 7) is 20.0. The molecule has 0 spiro atoms. The van der Waals surface area contributed by atoms with Crippen LogP contribution in [0.25, 0.3) is 10.8 Å². The summed E-state index contributed by atoms with van der Waals surface area (Å²) < 4.78 is 12.6. The fourth-order valence-corrected chi connectivity index (χ4v) is 4.86. The fraction of sp³-hybridized carbons (Fsp3) is 0.652. The molecule has 1 fully saturated rings. The van der Waals surface area contributed by atoms with Crippen molar-refractivity contribution in [2.24, 2.45) is 0 Å². The topological polar surface area (TPSA) is 47.5 Å². The van der Waals surface area contributed by atoms with E-state index in [1.54, 1.807) is 6.20 Å². The lowest BCUT2D eigenvalue weighted by molar-refractivity contribution is -0.0815. The third-order valence-corrected chi connectivity index (χ3v) is 11.5. The molecule has 2 aromatic heterocycles. The Labute approximate surface area is 187 Å². The van der Waals surface area contributed by atoms with Crippen LogP contribution < -0.4 is 4.90 Å². The van der Waals surface area contributed by atoms with Gasteiger partial charge in [0.05, 0.1) is 13.2 Å². The van der Waals surface area contributed by atoms with Crippen LogP contribution in [0.15, 0.2) is 18.5 Å². The number of nitrogens with zero attached hydrogens (tertiary/aromatic N) is 3. The number of ether oxygens (including phenoxy) is 1. The number of anilines is 1. The Morgan fingerprint density at radius 1 is 1.20 bits per heavy atom. The van der Waals surface area contributed by atoms with Gasteiger partial charge in [0.15, 0.2) is 8.32 Å². The number of hydrogen-bond acceptors (Lipinski definition) is 5. The van der Waals surface area contributed by atoms with Crippen molar-refractivity contribution < 1.29 is 9.16 Å². The van der Waals surface area contributed by atoms with Gasteiger partial charge in [0.1, 0.15) is 16.7 Å². The van der Waals surface area contributed by atoms with Crippen molar-refractivity contribution in [3.8, 4) is 0 Å². The molecule has 1 atom stereocenters. The van der Waals surface area contributed by atoms with E-state index < -0.39 is 8.32 Å². The van der Waals surface area contributed by atoms with Crippen LogP contribution in [0.4, 0.5) is 5.82 Å². The van der Waals surface area contributed by atoms with E-state index in [9.17, 15) is 0 Å². The van der Waals surface area contributed by atoms with Gasteiger partial charge >= 0.3 is 0 Å². The molecule has 5 nitrogen and oxygen atoms in total. The van der Waals surface area contributed by atoms with E-state index in [1.165, 1.54) is 5.56 Å². The predicted molar refractivity (Wildman–Crippen MR) is 128 cm³/mol. The van der Waals surface area contributed by atoms with Gasteiger partial charge in [-0.15, -0.1) is 0 Å². The van der Waals surface area contributed by atoms with E-state index in [0.29, 0.717) is 24.3 Å². The van der Waals surface area contributed by atoms with E-state index in [-0.39, 0.29) is 10.8 Å². The zero-order chi connectivity index (χ0) is 22.3. The standard InChI is InChI=1S/C23H36ClN3O2Si/c1-16(2)20-18-13-19(24)25-14-17(18)15-26-21(20)27-10-9-23(27,6)28-11-12-29-30(7,8)22(3,4)5/h13-16H,9-12H2,1-8H3/t23-/m0/s1. The molecule has 1 aliphatic heterocycles. The Morgan fingerprint density at radius 3 is 2.43 bits per heavy atom. The maximum atomic E-state index is 6.36. The lowest BCUT2D eigenvalue weighted by Crippen LogP contribution is -2.61. The normalized spacial score (nSPS) is 20.1. The quantitative estimate of drug-likeness (QED) is 0.279. The summed E-state index contributed by atoms with van der Waals surface area (Å²) in [5.74, 6) is 1.29. The van der Waals surface area contributed by atoms with Crippen molar-refractivity contribution in [1.82, 2.24) is 9.97 Å². The number of rotatable bonds is 7. The number of pyridine rings is 2. The van der Waals surface area contributed by atoms with Crippen LogP contribution in [-0.4, -0.2) is 43.8 Å². The van der Waals surface area contributed by atoms with E-state index in [4.69, 9.17) is 25.7 Å². The second kappa shape index (κ2) is 8.38.